The van der Waals surface area contributed by atoms with E-state index in [-0.39, 0.29) is 23.9 Å². The van der Waals surface area contributed by atoms with Crippen LogP contribution in [0.25, 0.3) is 10.9 Å². The van der Waals surface area contributed by atoms with Crippen molar-refractivity contribution < 1.29 is 9.59 Å². The Labute approximate surface area is 123 Å². The van der Waals surface area contributed by atoms with Gasteiger partial charge in [-0.3, -0.25) is 9.59 Å². The van der Waals surface area contributed by atoms with Crippen LogP contribution in [-0.2, 0) is 4.79 Å². The van der Waals surface area contributed by atoms with Crippen molar-refractivity contribution in [3.8, 4) is 0 Å². The second-order valence-electron chi connectivity index (χ2n) is 5.65. The van der Waals surface area contributed by atoms with Gasteiger partial charge in [0.25, 0.3) is 5.91 Å². The molecule has 0 radical (unpaired) electrons. The average Bonchev–Trinajstić information content (AvgIpc) is 2.77. The van der Waals surface area contributed by atoms with Crippen LogP contribution in [-0.4, -0.2) is 28.9 Å². The zero-order chi connectivity index (χ0) is 15.0. The van der Waals surface area contributed by atoms with Crippen molar-refractivity contribution >= 4 is 22.7 Å². The fourth-order valence-corrected chi connectivity index (χ4v) is 2.97. The molecule has 2 heterocycles. The molecule has 2 amide bonds. The molecule has 3 N–H and O–H groups in total. The van der Waals surface area contributed by atoms with Crippen LogP contribution in [0.3, 0.4) is 0 Å². The second kappa shape index (κ2) is 5.24. The minimum atomic E-state index is -0.0852. The van der Waals surface area contributed by atoms with Gasteiger partial charge in [0.1, 0.15) is 0 Å². The number of nitrogens with one attached hydrogen (secondary N) is 3. The van der Waals surface area contributed by atoms with Gasteiger partial charge < -0.3 is 15.6 Å². The first-order valence-electron chi connectivity index (χ1n) is 7.24. The van der Waals surface area contributed by atoms with Gasteiger partial charge >= 0.3 is 0 Å². The summed E-state index contributed by atoms with van der Waals surface area (Å²) >= 11 is 0. The summed E-state index contributed by atoms with van der Waals surface area (Å²) in [4.78, 5) is 27.2. The molecule has 1 aromatic carbocycles. The maximum Gasteiger partial charge on any atom is 0.254 e. The number of carbonyl (C=O) groups excluding carboxylic acids is 2. The molecule has 0 spiro atoms. The molecule has 5 nitrogen and oxygen atoms in total. The van der Waals surface area contributed by atoms with Gasteiger partial charge in [-0.25, -0.2) is 0 Å². The fraction of sp³-hybridized carbons (Fsp3) is 0.375. The number of carbonyl (C=O) groups is 2. The van der Waals surface area contributed by atoms with Gasteiger partial charge in [-0.1, -0.05) is 18.2 Å². The maximum absolute atomic E-state index is 12.6. The monoisotopic (exact) mass is 285 g/mol. The van der Waals surface area contributed by atoms with Gasteiger partial charge in [0.05, 0.1) is 5.56 Å². The quantitative estimate of drug-likeness (QED) is 0.788. The van der Waals surface area contributed by atoms with E-state index >= 15 is 0 Å². The van der Waals surface area contributed by atoms with E-state index in [9.17, 15) is 9.59 Å². The van der Waals surface area contributed by atoms with Crippen LogP contribution in [0.1, 0.15) is 35.8 Å². The van der Waals surface area contributed by atoms with E-state index in [1.54, 1.807) is 0 Å². The highest BCUT2D eigenvalue weighted by Gasteiger charge is 2.27. The number of hydrogen-bond acceptors (Lipinski definition) is 2. The SMILES string of the molecule is Cc1[nH]c2ccccc2c1C(=O)NC1CCC(=O)NC1C. The molecule has 1 saturated heterocycles. The number of aromatic amines is 1. The standard InChI is InChI=1S/C16H19N3O2/c1-9-12(7-8-14(20)18-9)19-16(21)15-10(2)17-13-6-4-3-5-11(13)15/h3-6,9,12,17H,7-8H2,1-2H3,(H,18,20)(H,19,21). The number of fused-ring (bicyclic) bond motifs is 1. The summed E-state index contributed by atoms with van der Waals surface area (Å²) in [6, 6.07) is 7.71. The molecule has 1 aliphatic rings. The summed E-state index contributed by atoms with van der Waals surface area (Å²) in [7, 11) is 0. The molecule has 2 unspecified atom stereocenters. The van der Waals surface area contributed by atoms with E-state index in [2.05, 4.69) is 15.6 Å². The lowest BCUT2D eigenvalue weighted by molar-refractivity contribution is -0.123. The summed E-state index contributed by atoms with van der Waals surface area (Å²) < 4.78 is 0. The Balaban J connectivity index is 1.84. The number of para-hydroxylation sites is 1. The molecule has 0 bridgehead atoms. The Bertz CT molecular complexity index is 705. The van der Waals surface area contributed by atoms with Gasteiger partial charge in [-0.05, 0) is 26.3 Å². The van der Waals surface area contributed by atoms with Crippen molar-refractivity contribution in [2.24, 2.45) is 0 Å². The number of benzene rings is 1. The molecule has 0 aliphatic carbocycles. The van der Waals surface area contributed by atoms with Crippen molar-refractivity contribution in [3.05, 3.63) is 35.5 Å². The lowest BCUT2D eigenvalue weighted by Crippen LogP contribution is -2.54. The van der Waals surface area contributed by atoms with Crippen molar-refractivity contribution in [1.29, 1.82) is 0 Å². The molecule has 5 heteroatoms. The molecule has 3 rings (SSSR count). The molecule has 1 aliphatic heterocycles. The van der Waals surface area contributed by atoms with Crippen LogP contribution in [0.2, 0.25) is 0 Å². The van der Waals surface area contributed by atoms with E-state index in [1.807, 2.05) is 38.1 Å². The number of aromatic nitrogens is 1. The Morgan fingerprint density at radius 2 is 2.10 bits per heavy atom. The van der Waals surface area contributed by atoms with E-state index < -0.39 is 0 Å². The summed E-state index contributed by atoms with van der Waals surface area (Å²) in [6.45, 7) is 3.82. The number of H-pyrrole nitrogens is 1. The highest BCUT2D eigenvalue weighted by Crippen LogP contribution is 2.22. The fourth-order valence-electron chi connectivity index (χ4n) is 2.97. The predicted molar refractivity (Wildman–Crippen MR) is 81.1 cm³/mol. The summed E-state index contributed by atoms with van der Waals surface area (Å²) in [6.07, 6.45) is 1.14. The minimum absolute atomic E-state index is 0.0248. The predicted octanol–water partition coefficient (Wildman–Crippen LogP) is 1.87. The van der Waals surface area contributed by atoms with Crippen LogP contribution in [0.4, 0.5) is 0 Å². The molecular weight excluding hydrogens is 266 g/mol. The van der Waals surface area contributed by atoms with Crippen LogP contribution in [0, 0.1) is 6.92 Å². The molecule has 2 atom stereocenters. The van der Waals surface area contributed by atoms with Gasteiger partial charge in [0.15, 0.2) is 0 Å². The molecule has 110 valence electrons. The van der Waals surface area contributed by atoms with Gasteiger partial charge in [-0.15, -0.1) is 0 Å². The van der Waals surface area contributed by atoms with Gasteiger partial charge in [0, 0.05) is 35.1 Å². The maximum atomic E-state index is 12.6. The molecule has 21 heavy (non-hydrogen) atoms. The largest absolute Gasteiger partial charge is 0.358 e. The Hall–Kier alpha value is -2.30. The summed E-state index contributed by atoms with van der Waals surface area (Å²) in [5, 5.41) is 6.85. The highest BCUT2D eigenvalue weighted by atomic mass is 16.2. The number of aryl methyl sites for hydroxylation is 1. The number of rotatable bonds is 2. The first-order chi connectivity index (χ1) is 10.1. The topological polar surface area (TPSA) is 74.0 Å². The normalized spacial score (nSPS) is 22.1. The molecule has 1 fully saturated rings. The Kier molecular flexibility index (Phi) is 3.41. The third kappa shape index (κ3) is 2.51. The van der Waals surface area contributed by atoms with Crippen molar-refractivity contribution in [2.45, 2.75) is 38.8 Å². The van der Waals surface area contributed by atoms with Crippen molar-refractivity contribution in [2.75, 3.05) is 0 Å². The van der Waals surface area contributed by atoms with Crippen LogP contribution >= 0.6 is 0 Å². The number of amides is 2. The molecular formula is C16H19N3O2. The number of piperidine rings is 1. The Morgan fingerprint density at radius 1 is 1.33 bits per heavy atom. The summed E-state index contributed by atoms with van der Waals surface area (Å²) in [5.74, 6) is -0.0331. The van der Waals surface area contributed by atoms with E-state index in [4.69, 9.17) is 0 Å². The lowest BCUT2D eigenvalue weighted by Gasteiger charge is -2.30. The van der Waals surface area contributed by atoms with E-state index in [1.165, 1.54) is 0 Å². The van der Waals surface area contributed by atoms with Gasteiger partial charge in [0.2, 0.25) is 5.91 Å². The van der Waals surface area contributed by atoms with Crippen LogP contribution < -0.4 is 10.6 Å². The minimum Gasteiger partial charge on any atom is -0.358 e. The van der Waals surface area contributed by atoms with Crippen LogP contribution in [0.5, 0.6) is 0 Å². The van der Waals surface area contributed by atoms with Crippen molar-refractivity contribution in [3.63, 3.8) is 0 Å². The van der Waals surface area contributed by atoms with Crippen LogP contribution in [0.15, 0.2) is 24.3 Å². The van der Waals surface area contributed by atoms with E-state index in [0.29, 0.717) is 18.4 Å². The third-order valence-electron chi connectivity index (χ3n) is 4.11. The first kappa shape index (κ1) is 13.7. The zero-order valence-electron chi connectivity index (χ0n) is 12.2. The van der Waals surface area contributed by atoms with E-state index in [0.717, 1.165) is 16.6 Å². The smallest absolute Gasteiger partial charge is 0.254 e. The zero-order valence-corrected chi connectivity index (χ0v) is 12.2. The Morgan fingerprint density at radius 3 is 2.86 bits per heavy atom. The molecule has 0 saturated carbocycles. The highest BCUT2D eigenvalue weighted by molar-refractivity contribution is 6.08. The second-order valence-corrected chi connectivity index (χ2v) is 5.65. The first-order valence-corrected chi connectivity index (χ1v) is 7.24. The summed E-state index contributed by atoms with van der Waals surface area (Å²) in [5.41, 5.74) is 2.51. The molecule has 1 aromatic heterocycles. The lowest BCUT2D eigenvalue weighted by atomic mass is 9.98. The molecule has 2 aromatic rings. The number of hydrogen-bond donors (Lipinski definition) is 3. The van der Waals surface area contributed by atoms with Crippen molar-refractivity contribution in [1.82, 2.24) is 15.6 Å². The van der Waals surface area contributed by atoms with Gasteiger partial charge in [-0.2, -0.15) is 0 Å². The average molecular weight is 285 g/mol. The third-order valence-corrected chi connectivity index (χ3v) is 4.11.